The Morgan fingerprint density at radius 2 is 2.07 bits per heavy atom. The topological polar surface area (TPSA) is 35.5 Å². The largest absolute Gasteiger partial charge is 0.392 e. The highest BCUT2D eigenvalue weighted by atomic mass is 16.3. The molecule has 0 spiro atoms. The molecule has 3 nitrogen and oxygen atoms in total. The number of aliphatic hydroxyl groups is 1. The van der Waals surface area contributed by atoms with Gasteiger partial charge in [-0.3, -0.25) is 4.90 Å². The van der Waals surface area contributed by atoms with Gasteiger partial charge in [0.15, 0.2) is 0 Å². The van der Waals surface area contributed by atoms with E-state index in [2.05, 4.69) is 10.2 Å². The first-order valence-electron chi connectivity index (χ1n) is 5.80. The zero-order valence-corrected chi connectivity index (χ0v) is 9.50. The summed E-state index contributed by atoms with van der Waals surface area (Å²) < 4.78 is 0. The van der Waals surface area contributed by atoms with Crippen LogP contribution in [0.2, 0.25) is 0 Å². The number of aliphatic hydroxyl groups excluding tert-OH is 1. The van der Waals surface area contributed by atoms with Crippen molar-refractivity contribution in [2.24, 2.45) is 0 Å². The Hall–Kier alpha value is -0.120. The molecule has 0 aromatic carbocycles. The molecule has 0 aliphatic heterocycles. The number of nitrogens with zero attached hydrogens (tertiary/aromatic N) is 1. The van der Waals surface area contributed by atoms with Gasteiger partial charge in [-0.1, -0.05) is 12.8 Å². The highest BCUT2D eigenvalue weighted by Gasteiger charge is 2.22. The molecular weight excluding hydrogens is 176 g/mol. The predicted molar refractivity (Wildman–Crippen MR) is 59.4 cm³/mol. The molecule has 3 heteroatoms. The summed E-state index contributed by atoms with van der Waals surface area (Å²) in [6.45, 7) is 4.78. The second kappa shape index (κ2) is 6.38. The van der Waals surface area contributed by atoms with Gasteiger partial charge < -0.3 is 10.4 Å². The van der Waals surface area contributed by atoms with Crippen LogP contribution in [0.4, 0.5) is 0 Å². The molecule has 1 aliphatic rings. The fourth-order valence-electron chi connectivity index (χ4n) is 2.29. The van der Waals surface area contributed by atoms with Gasteiger partial charge in [0, 0.05) is 25.7 Å². The van der Waals surface area contributed by atoms with Gasteiger partial charge in [0.25, 0.3) is 0 Å². The Kier molecular flexibility index (Phi) is 5.45. The van der Waals surface area contributed by atoms with Crippen molar-refractivity contribution < 1.29 is 5.11 Å². The molecule has 0 aromatic heterocycles. The van der Waals surface area contributed by atoms with Crippen LogP contribution in [0.3, 0.4) is 0 Å². The third-order valence-electron chi connectivity index (χ3n) is 2.99. The molecule has 1 fully saturated rings. The monoisotopic (exact) mass is 200 g/mol. The fourth-order valence-corrected chi connectivity index (χ4v) is 2.29. The second-order valence-electron chi connectivity index (χ2n) is 4.39. The molecule has 84 valence electrons. The van der Waals surface area contributed by atoms with Crippen molar-refractivity contribution in [3.05, 3.63) is 0 Å². The number of hydrogen-bond acceptors (Lipinski definition) is 3. The van der Waals surface area contributed by atoms with Crippen molar-refractivity contribution in [2.75, 3.05) is 26.7 Å². The normalized spacial score (nSPS) is 20.6. The molecule has 1 aliphatic carbocycles. The third kappa shape index (κ3) is 3.95. The van der Waals surface area contributed by atoms with Gasteiger partial charge in [-0.25, -0.2) is 0 Å². The van der Waals surface area contributed by atoms with E-state index in [1.807, 2.05) is 14.0 Å². The zero-order chi connectivity index (χ0) is 10.4. The second-order valence-corrected chi connectivity index (χ2v) is 4.39. The zero-order valence-electron chi connectivity index (χ0n) is 9.50. The van der Waals surface area contributed by atoms with E-state index in [4.69, 9.17) is 0 Å². The molecule has 0 bridgehead atoms. The van der Waals surface area contributed by atoms with Crippen molar-refractivity contribution in [2.45, 2.75) is 44.8 Å². The molecule has 1 atom stereocenters. The molecule has 0 saturated heterocycles. The maximum absolute atomic E-state index is 9.42. The standard InChI is InChI=1S/C11H24N2O/c1-10(14)9-13(8-7-12-2)11-5-3-4-6-11/h10-12,14H,3-9H2,1-2H3. The van der Waals surface area contributed by atoms with E-state index in [9.17, 15) is 5.11 Å². The van der Waals surface area contributed by atoms with Crippen molar-refractivity contribution >= 4 is 0 Å². The first-order chi connectivity index (χ1) is 6.74. The smallest absolute Gasteiger partial charge is 0.0639 e. The van der Waals surface area contributed by atoms with Crippen molar-refractivity contribution in [1.82, 2.24) is 10.2 Å². The summed E-state index contributed by atoms with van der Waals surface area (Å²) in [4.78, 5) is 2.44. The van der Waals surface area contributed by atoms with Crippen LogP contribution in [0.15, 0.2) is 0 Å². The first kappa shape index (κ1) is 12.0. The van der Waals surface area contributed by atoms with E-state index in [0.717, 1.165) is 25.7 Å². The van der Waals surface area contributed by atoms with Crippen molar-refractivity contribution in [3.8, 4) is 0 Å². The molecule has 1 unspecified atom stereocenters. The lowest BCUT2D eigenvalue weighted by Gasteiger charge is -2.29. The minimum absolute atomic E-state index is 0.201. The van der Waals surface area contributed by atoms with Crippen LogP contribution in [-0.4, -0.2) is 48.8 Å². The summed E-state index contributed by atoms with van der Waals surface area (Å²) >= 11 is 0. The van der Waals surface area contributed by atoms with Gasteiger partial charge in [-0.05, 0) is 26.8 Å². The Bertz CT molecular complexity index is 144. The predicted octanol–water partition coefficient (Wildman–Crippen LogP) is 0.831. The minimum Gasteiger partial charge on any atom is -0.392 e. The molecule has 0 amide bonds. The number of nitrogens with one attached hydrogen (secondary N) is 1. The Morgan fingerprint density at radius 1 is 1.43 bits per heavy atom. The van der Waals surface area contributed by atoms with Crippen LogP contribution in [0, 0.1) is 0 Å². The summed E-state index contributed by atoms with van der Waals surface area (Å²) in [5.74, 6) is 0. The lowest BCUT2D eigenvalue weighted by atomic mass is 10.2. The average Bonchev–Trinajstić information content (AvgIpc) is 2.64. The molecule has 2 N–H and O–H groups in total. The van der Waals surface area contributed by atoms with Gasteiger partial charge in [0.05, 0.1) is 6.10 Å². The van der Waals surface area contributed by atoms with E-state index < -0.39 is 0 Å². The Morgan fingerprint density at radius 3 is 2.57 bits per heavy atom. The van der Waals surface area contributed by atoms with Crippen LogP contribution in [0.1, 0.15) is 32.6 Å². The fraction of sp³-hybridized carbons (Fsp3) is 1.00. The molecule has 1 rings (SSSR count). The molecule has 1 saturated carbocycles. The minimum atomic E-state index is -0.201. The van der Waals surface area contributed by atoms with E-state index in [1.54, 1.807) is 0 Å². The van der Waals surface area contributed by atoms with Crippen LogP contribution >= 0.6 is 0 Å². The summed E-state index contributed by atoms with van der Waals surface area (Å²) in [7, 11) is 1.98. The van der Waals surface area contributed by atoms with Gasteiger partial charge in [-0.2, -0.15) is 0 Å². The SMILES string of the molecule is CNCCN(CC(C)O)C1CCCC1. The molecule has 0 radical (unpaired) electrons. The molecule has 14 heavy (non-hydrogen) atoms. The van der Waals surface area contributed by atoms with Gasteiger partial charge in [-0.15, -0.1) is 0 Å². The highest BCUT2D eigenvalue weighted by molar-refractivity contribution is 4.78. The van der Waals surface area contributed by atoms with Gasteiger partial charge in [0.1, 0.15) is 0 Å². The van der Waals surface area contributed by atoms with Crippen LogP contribution in [0.5, 0.6) is 0 Å². The van der Waals surface area contributed by atoms with E-state index in [1.165, 1.54) is 25.7 Å². The maximum Gasteiger partial charge on any atom is 0.0639 e. The molecule has 0 aromatic rings. The van der Waals surface area contributed by atoms with E-state index >= 15 is 0 Å². The van der Waals surface area contributed by atoms with Crippen molar-refractivity contribution in [1.29, 1.82) is 0 Å². The van der Waals surface area contributed by atoms with E-state index in [-0.39, 0.29) is 6.10 Å². The highest BCUT2D eigenvalue weighted by Crippen LogP contribution is 2.23. The average molecular weight is 200 g/mol. The first-order valence-corrected chi connectivity index (χ1v) is 5.80. The van der Waals surface area contributed by atoms with Crippen LogP contribution in [0.25, 0.3) is 0 Å². The quantitative estimate of drug-likeness (QED) is 0.667. The summed E-state index contributed by atoms with van der Waals surface area (Å²) in [6, 6.07) is 0.720. The van der Waals surface area contributed by atoms with Gasteiger partial charge >= 0.3 is 0 Å². The maximum atomic E-state index is 9.42. The Balaban J connectivity index is 2.34. The summed E-state index contributed by atoms with van der Waals surface area (Å²) in [5, 5.41) is 12.6. The summed E-state index contributed by atoms with van der Waals surface area (Å²) in [5.41, 5.74) is 0. The van der Waals surface area contributed by atoms with E-state index in [0.29, 0.717) is 0 Å². The summed E-state index contributed by atoms with van der Waals surface area (Å²) in [6.07, 6.45) is 5.15. The molecule has 0 heterocycles. The number of likely N-dealkylation sites (N-methyl/N-ethyl adjacent to an activating group) is 1. The number of rotatable bonds is 6. The van der Waals surface area contributed by atoms with Crippen molar-refractivity contribution in [3.63, 3.8) is 0 Å². The number of hydrogen-bond donors (Lipinski definition) is 2. The Labute approximate surface area is 87.5 Å². The van der Waals surface area contributed by atoms with Crippen LogP contribution < -0.4 is 5.32 Å². The third-order valence-corrected chi connectivity index (χ3v) is 2.99. The van der Waals surface area contributed by atoms with Crippen LogP contribution in [-0.2, 0) is 0 Å². The van der Waals surface area contributed by atoms with Gasteiger partial charge in [0.2, 0.25) is 0 Å². The lowest BCUT2D eigenvalue weighted by molar-refractivity contribution is 0.0999. The molecular formula is C11H24N2O. The lowest BCUT2D eigenvalue weighted by Crippen LogP contribution is -2.41.